The van der Waals surface area contributed by atoms with Gasteiger partial charge in [0.05, 0.1) is 10.0 Å². The third-order valence-corrected chi connectivity index (χ3v) is 7.45. The van der Waals surface area contributed by atoms with Crippen molar-refractivity contribution >= 4 is 52.5 Å². The molecule has 1 heterocycles. The van der Waals surface area contributed by atoms with Gasteiger partial charge in [-0.1, -0.05) is 64.7 Å². The molecule has 1 N–H and O–H groups in total. The highest BCUT2D eigenvalue weighted by molar-refractivity contribution is 7.99. The van der Waals surface area contributed by atoms with E-state index in [0.29, 0.717) is 27.0 Å². The van der Waals surface area contributed by atoms with Gasteiger partial charge in [0.1, 0.15) is 11.4 Å². The molecule has 1 saturated heterocycles. The number of halogens is 2. The Morgan fingerprint density at radius 1 is 0.906 bits per heavy atom. The molecule has 7 heteroatoms. The lowest BCUT2D eigenvalue weighted by Gasteiger charge is -2.29. The van der Waals surface area contributed by atoms with Crippen LogP contribution < -0.4 is 5.32 Å². The van der Waals surface area contributed by atoms with E-state index in [1.54, 1.807) is 29.2 Å². The summed E-state index contributed by atoms with van der Waals surface area (Å²) in [6.45, 7) is 3.96. The number of thioether (sulfide) groups is 1. The normalized spacial score (nSPS) is 17.9. The van der Waals surface area contributed by atoms with Gasteiger partial charge in [-0.15, -0.1) is 11.8 Å². The SMILES string of the molecule is Cc1ccc(NC(=O)C2CSC(c3ccc(Cl)c(Cl)c3)N2C(=O)c2ccc(C)cc2)cc1. The molecule has 4 nitrogen and oxygen atoms in total. The molecule has 2 unspecified atom stereocenters. The maximum absolute atomic E-state index is 13.6. The first-order valence-electron chi connectivity index (χ1n) is 10.2. The van der Waals surface area contributed by atoms with Crippen molar-refractivity contribution in [1.82, 2.24) is 4.90 Å². The number of amides is 2. The number of hydrogen-bond donors (Lipinski definition) is 1. The topological polar surface area (TPSA) is 49.4 Å². The second-order valence-corrected chi connectivity index (χ2v) is 9.74. The first-order chi connectivity index (χ1) is 15.3. The number of rotatable bonds is 4. The van der Waals surface area contributed by atoms with Crippen LogP contribution in [0.15, 0.2) is 66.7 Å². The summed E-state index contributed by atoms with van der Waals surface area (Å²) in [6.07, 6.45) is 0. The van der Waals surface area contributed by atoms with Crippen molar-refractivity contribution < 1.29 is 9.59 Å². The minimum Gasteiger partial charge on any atom is -0.324 e. The number of nitrogens with zero attached hydrogens (tertiary/aromatic N) is 1. The van der Waals surface area contributed by atoms with E-state index >= 15 is 0 Å². The van der Waals surface area contributed by atoms with E-state index < -0.39 is 6.04 Å². The first-order valence-corrected chi connectivity index (χ1v) is 12.0. The van der Waals surface area contributed by atoms with E-state index in [-0.39, 0.29) is 17.2 Å². The van der Waals surface area contributed by atoms with E-state index in [2.05, 4.69) is 5.32 Å². The highest BCUT2D eigenvalue weighted by Gasteiger charge is 2.42. The Morgan fingerprint density at radius 3 is 2.16 bits per heavy atom. The zero-order valence-corrected chi connectivity index (χ0v) is 20.0. The Balaban J connectivity index is 1.67. The van der Waals surface area contributed by atoms with Crippen LogP contribution >= 0.6 is 35.0 Å². The summed E-state index contributed by atoms with van der Waals surface area (Å²) >= 11 is 13.9. The second kappa shape index (κ2) is 9.57. The Hall–Kier alpha value is -2.47. The van der Waals surface area contributed by atoms with E-state index in [4.69, 9.17) is 23.2 Å². The minimum atomic E-state index is -0.630. The average Bonchev–Trinajstić information content (AvgIpc) is 3.22. The molecular weight excluding hydrogens is 463 g/mol. The Bertz CT molecular complexity index is 1150. The highest BCUT2D eigenvalue weighted by atomic mass is 35.5. The van der Waals surface area contributed by atoms with E-state index in [9.17, 15) is 9.59 Å². The van der Waals surface area contributed by atoms with Crippen LogP contribution in [0.5, 0.6) is 0 Å². The van der Waals surface area contributed by atoms with Crippen LogP contribution in [0.4, 0.5) is 5.69 Å². The Morgan fingerprint density at radius 2 is 1.53 bits per heavy atom. The molecule has 0 radical (unpaired) electrons. The van der Waals surface area contributed by atoms with Gasteiger partial charge in [-0.3, -0.25) is 9.59 Å². The molecule has 32 heavy (non-hydrogen) atoms. The van der Waals surface area contributed by atoms with Crippen LogP contribution in [-0.2, 0) is 4.79 Å². The second-order valence-electron chi connectivity index (χ2n) is 7.81. The monoisotopic (exact) mass is 484 g/mol. The lowest BCUT2D eigenvalue weighted by Crippen LogP contribution is -2.45. The van der Waals surface area contributed by atoms with E-state index in [1.165, 1.54) is 11.8 Å². The van der Waals surface area contributed by atoms with Gasteiger partial charge in [0, 0.05) is 17.0 Å². The predicted octanol–water partition coefficient (Wildman–Crippen LogP) is 6.51. The fourth-order valence-corrected chi connectivity index (χ4v) is 5.31. The molecule has 2 atom stereocenters. The standard InChI is InChI=1S/C25H22Cl2N2O2S/c1-15-3-7-17(8-4-15)24(31)29-22(23(30)28-19-10-5-16(2)6-11-19)14-32-25(29)18-9-12-20(26)21(27)13-18/h3-13,22,25H,14H2,1-2H3,(H,28,30). The molecule has 0 aromatic heterocycles. The van der Waals surface area contributed by atoms with Gasteiger partial charge in [0.25, 0.3) is 5.91 Å². The van der Waals surface area contributed by atoms with Crippen LogP contribution in [0.1, 0.15) is 32.4 Å². The number of aryl methyl sites for hydroxylation is 2. The van der Waals surface area contributed by atoms with Crippen LogP contribution in [0.2, 0.25) is 10.0 Å². The first kappa shape index (κ1) is 22.7. The summed E-state index contributed by atoms with van der Waals surface area (Å²) < 4.78 is 0. The predicted molar refractivity (Wildman–Crippen MR) is 133 cm³/mol. The molecule has 0 aliphatic carbocycles. The summed E-state index contributed by atoms with van der Waals surface area (Å²) in [5.74, 6) is 0.0553. The number of benzene rings is 3. The van der Waals surface area contributed by atoms with Gasteiger partial charge in [-0.25, -0.2) is 0 Å². The summed E-state index contributed by atoms with van der Waals surface area (Å²) in [5.41, 5.74) is 4.24. The summed E-state index contributed by atoms with van der Waals surface area (Å²) in [7, 11) is 0. The molecule has 3 aromatic carbocycles. The number of hydrogen-bond acceptors (Lipinski definition) is 3. The van der Waals surface area contributed by atoms with Crippen LogP contribution in [0, 0.1) is 13.8 Å². The average molecular weight is 485 g/mol. The summed E-state index contributed by atoms with van der Waals surface area (Å²) in [5, 5.41) is 3.47. The number of anilines is 1. The molecule has 2 amide bonds. The van der Waals surface area contributed by atoms with Gasteiger partial charge in [0.15, 0.2) is 0 Å². The van der Waals surface area contributed by atoms with Gasteiger partial charge in [-0.2, -0.15) is 0 Å². The van der Waals surface area contributed by atoms with E-state index in [0.717, 1.165) is 16.7 Å². The fraction of sp³-hybridized carbons (Fsp3) is 0.200. The molecule has 4 rings (SSSR count). The lowest BCUT2D eigenvalue weighted by atomic mass is 10.1. The van der Waals surface area contributed by atoms with E-state index in [1.807, 2.05) is 56.3 Å². The zero-order valence-electron chi connectivity index (χ0n) is 17.6. The number of nitrogens with one attached hydrogen (secondary N) is 1. The summed E-state index contributed by atoms with van der Waals surface area (Å²) in [6, 6.07) is 19.7. The van der Waals surface area contributed by atoms with Gasteiger partial charge >= 0.3 is 0 Å². The molecule has 0 saturated carbocycles. The Kier molecular flexibility index (Phi) is 6.79. The Labute approximate surface area is 201 Å². The van der Waals surface area contributed by atoms with Gasteiger partial charge in [-0.05, 0) is 55.8 Å². The maximum Gasteiger partial charge on any atom is 0.255 e. The quantitative estimate of drug-likeness (QED) is 0.459. The molecule has 3 aromatic rings. The van der Waals surface area contributed by atoms with Crippen molar-refractivity contribution in [2.75, 3.05) is 11.1 Å². The van der Waals surface area contributed by atoms with Crippen LogP contribution in [0.3, 0.4) is 0 Å². The number of carbonyl (C=O) groups is 2. The molecule has 0 bridgehead atoms. The van der Waals surface area contributed by atoms with Crippen LogP contribution in [0.25, 0.3) is 0 Å². The third-order valence-electron chi connectivity index (χ3n) is 5.38. The highest BCUT2D eigenvalue weighted by Crippen LogP contribution is 2.43. The van der Waals surface area contributed by atoms with Crippen LogP contribution in [-0.4, -0.2) is 28.5 Å². The van der Waals surface area contributed by atoms with Gasteiger partial charge < -0.3 is 10.2 Å². The molecule has 164 valence electrons. The van der Waals surface area contributed by atoms with Crippen molar-refractivity contribution in [1.29, 1.82) is 0 Å². The van der Waals surface area contributed by atoms with Crippen molar-refractivity contribution in [3.05, 3.63) is 99.0 Å². The fourth-order valence-electron chi connectivity index (χ4n) is 3.59. The molecular formula is C25H22Cl2N2O2S. The summed E-state index contributed by atoms with van der Waals surface area (Å²) in [4.78, 5) is 28.5. The number of carbonyl (C=O) groups excluding carboxylic acids is 2. The zero-order chi connectivity index (χ0) is 22.8. The maximum atomic E-state index is 13.6. The molecule has 0 spiro atoms. The minimum absolute atomic E-state index is 0.199. The smallest absolute Gasteiger partial charge is 0.255 e. The van der Waals surface area contributed by atoms with Crippen molar-refractivity contribution in [3.8, 4) is 0 Å². The largest absolute Gasteiger partial charge is 0.324 e. The van der Waals surface area contributed by atoms with Crippen molar-refractivity contribution in [2.45, 2.75) is 25.3 Å². The molecule has 1 aliphatic rings. The van der Waals surface area contributed by atoms with Crippen molar-refractivity contribution in [3.63, 3.8) is 0 Å². The van der Waals surface area contributed by atoms with Crippen molar-refractivity contribution in [2.24, 2.45) is 0 Å². The third kappa shape index (κ3) is 4.80. The molecule has 1 fully saturated rings. The van der Waals surface area contributed by atoms with Gasteiger partial charge in [0.2, 0.25) is 5.91 Å². The lowest BCUT2D eigenvalue weighted by molar-refractivity contribution is -0.119. The molecule has 1 aliphatic heterocycles.